The molecule has 0 fully saturated rings. The van der Waals surface area contributed by atoms with Gasteiger partial charge in [-0.05, 0) is 0 Å². The number of aliphatic hydroxyl groups excluding tert-OH is 1. The Kier molecular flexibility index (Phi) is 9.90. The Labute approximate surface area is 60.0 Å². The van der Waals surface area contributed by atoms with Gasteiger partial charge in [0.05, 0.1) is 6.61 Å². The van der Waals surface area contributed by atoms with E-state index in [9.17, 15) is 9.59 Å². The molecular weight excluding hydrogens is 134 g/mol. The Morgan fingerprint density at radius 2 is 1.50 bits per heavy atom. The molecular formula is C6H13NO3. The Bertz CT molecular complexity index is 97.6. The van der Waals surface area contributed by atoms with E-state index in [1.54, 1.807) is 0 Å². The fraction of sp³-hybridized carbons (Fsp3) is 0.667. The first-order valence-corrected chi connectivity index (χ1v) is 2.88. The second-order valence-electron chi connectivity index (χ2n) is 1.62. The lowest BCUT2D eigenvalue weighted by Crippen LogP contribution is -2.02. The molecule has 0 heterocycles. The zero-order chi connectivity index (χ0) is 8.57. The first-order valence-electron chi connectivity index (χ1n) is 2.88. The second-order valence-corrected chi connectivity index (χ2v) is 1.62. The molecule has 0 atom stereocenters. The second kappa shape index (κ2) is 8.26. The van der Waals surface area contributed by atoms with Gasteiger partial charge >= 0.3 is 0 Å². The molecule has 0 aromatic rings. The molecule has 0 radical (unpaired) electrons. The van der Waals surface area contributed by atoms with Crippen LogP contribution in [0.15, 0.2) is 0 Å². The number of aliphatic hydroxyl groups is 1. The normalized spacial score (nSPS) is 7.60. The molecule has 0 amide bonds. The van der Waals surface area contributed by atoms with Gasteiger partial charge in [-0.3, -0.25) is 9.59 Å². The third kappa shape index (κ3) is 15.7. The number of carbonyl (C=O) groups excluding carboxylic acids is 2. The standard InChI is InChI=1S/C4H6O2.C2H7NO/c1-3(5)4(2)6;3-1-2-4/h1-2H3;4H,1-3H2. The van der Waals surface area contributed by atoms with Gasteiger partial charge in [0.25, 0.3) is 0 Å². The van der Waals surface area contributed by atoms with E-state index in [1.165, 1.54) is 13.8 Å². The minimum atomic E-state index is -0.380. The highest BCUT2D eigenvalue weighted by Gasteiger charge is 1.94. The molecule has 0 spiro atoms. The van der Waals surface area contributed by atoms with E-state index < -0.39 is 0 Å². The fourth-order valence-electron chi connectivity index (χ4n) is 0. The van der Waals surface area contributed by atoms with Crippen LogP contribution in [-0.4, -0.2) is 29.8 Å². The summed E-state index contributed by atoms with van der Waals surface area (Å²) in [4.78, 5) is 19.6. The predicted octanol–water partition coefficient (Wildman–Crippen LogP) is -0.898. The zero-order valence-corrected chi connectivity index (χ0v) is 6.26. The molecule has 0 aliphatic rings. The van der Waals surface area contributed by atoms with Crippen molar-refractivity contribution in [3.05, 3.63) is 0 Å². The molecule has 0 aromatic heterocycles. The summed E-state index contributed by atoms with van der Waals surface area (Å²) in [6, 6.07) is 0. The van der Waals surface area contributed by atoms with Crippen molar-refractivity contribution in [1.29, 1.82) is 0 Å². The van der Waals surface area contributed by atoms with Crippen LogP contribution in [0.2, 0.25) is 0 Å². The summed E-state index contributed by atoms with van der Waals surface area (Å²) in [5, 5.41) is 7.75. The van der Waals surface area contributed by atoms with Crippen molar-refractivity contribution in [2.75, 3.05) is 13.2 Å². The van der Waals surface area contributed by atoms with E-state index in [0.717, 1.165) is 0 Å². The highest BCUT2D eigenvalue weighted by Crippen LogP contribution is 1.66. The molecule has 60 valence electrons. The van der Waals surface area contributed by atoms with Crippen molar-refractivity contribution in [1.82, 2.24) is 0 Å². The molecule has 0 bridgehead atoms. The third-order valence-electron chi connectivity index (χ3n) is 0.625. The molecule has 0 aliphatic carbocycles. The number of rotatable bonds is 2. The van der Waals surface area contributed by atoms with Gasteiger partial charge in [-0.2, -0.15) is 0 Å². The SMILES string of the molecule is CC(=O)C(C)=O.NCCO. The highest BCUT2D eigenvalue weighted by molar-refractivity contribution is 6.35. The predicted molar refractivity (Wildman–Crippen MR) is 37.5 cm³/mol. The number of hydrogen-bond acceptors (Lipinski definition) is 4. The molecule has 0 unspecified atom stereocenters. The quantitative estimate of drug-likeness (QED) is 0.496. The summed E-state index contributed by atoms with van der Waals surface area (Å²) in [6.45, 7) is 2.98. The summed E-state index contributed by atoms with van der Waals surface area (Å²) in [5.74, 6) is -0.759. The lowest BCUT2D eigenvalue weighted by molar-refractivity contribution is -0.134. The lowest BCUT2D eigenvalue weighted by atomic mass is 10.3. The van der Waals surface area contributed by atoms with E-state index in [2.05, 4.69) is 0 Å². The van der Waals surface area contributed by atoms with Crippen LogP contribution in [0, 0.1) is 0 Å². The van der Waals surface area contributed by atoms with Crippen LogP contribution < -0.4 is 5.73 Å². The van der Waals surface area contributed by atoms with Crippen molar-refractivity contribution in [2.24, 2.45) is 5.73 Å². The maximum Gasteiger partial charge on any atom is 0.195 e. The smallest absolute Gasteiger partial charge is 0.195 e. The summed E-state index contributed by atoms with van der Waals surface area (Å²) >= 11 is 0. The molecule has 0 saturated heterocycles. The van der Waals surface area contributed by atoms with Gasteiger partial charge in [-0.1, -0.05) is 0 Å². The lowest BCUT2D eigenvalue weighted by Gasteiger charge is -1.73. The molecule has 0 aliphatic heterocycles. The van der Waals surface area contributed by atoms with Crippen LogP contribution in [0.5, 0.6) is 0 Å². The van der Waals surface area contributed by atoms with E-state index in [-0.39, 0.29) is 18.2 Å². The maximum absolute atomic E-state index is 9.79. The molecule has 0 saturated carbocycles. The maximum atomic E-state index is 9.79. The largest absolute Gasteiger partial charge is 0.395 e. The van der Waals surface area contributed by atoms with Gasteiger partial charge in [0, 0.05) is 20.4 Å². The van der Waals surface area contributed by atoms with Crippen LogP contribution in [0.3, 0.4) is 0 Å². The van der Waals surface area contributed by atoms with Crippen LogP contribution >= 0.6 is 0 Å². The van der Waals surface area contributed by atoms with Crippen molar-refractivity contribution in [3.8, 4) is 0 Å². The van der Waals surface area contributed by atoms with Gasteiger partial charge in [0.15, 0.2) is 11.6 Å². The van der Waals surface area contributed by atoms with Crippen LogP contribution in [0.25, 0.3) is 0 Å². The molecule has 3 N–H and O–H groups in total. The Morgan fingerprint density at radius 3 is 1.50 bits per heavy atom. The number of nitrogens with two attached hydrogens (primary N) is 1. The summed E-state index contributed by atoms with van der Waals surface area (Å²) in [7, 11) is 0. The monoisotopic (exact) mass is 147 g/mol. The Balaban J connectivity index is 0. The third-order valence-corrected chi connectivity index (χ3v) is 0.625. The average Bonchev–Trinajstić information content (AvgIpc) is 1.89. The van der Waals surface area contributed by atoms with Gasteiger partial charge in [-0.25, -0.2) is 0 Å². The van der Waals surface area contributed by atoms with Crippen molar-refractivity contribution >= 4 is 11.6 Å². The van der Waals surface area contributed by atoms with E-state index in [0.29, 0.717) is 6.54 Å². The van der Waals surface area contributed by atoms with Crippen molar-refractivity contribution in [3.63, 3.8) is 0 Å². The van der Waals surface area contributed by atoms with Gasteiger partial charge in [-0.15, -0.1) is 0 Å². The molecule has 0 rings (SSSR count). The van der Waals surface area contributed by atoms with E-state index in [4.69, 9.17) is 10.8 Å². The van der Waals surface area contributed by atoms with Crippen molar-refractivity contribution in [2.45, 2.75) is 13.8 Å². The highest BCUT2D eigenvalue weighted by atomic mass is 16.3. The molecule has 4 heteroatoms. The zero-order valence-electron chi connectivity index (χ0n) is 6.26. The number of Topliss-reactive ketones (excluding diaryl/α,β-unsaturated/α-hetero) is 2. The molecule has 4 nitrogen and oxygen atoms in total. The first-order chi connectivity index (χ1) is 4.56. The topological polar surface area (TPSA) is 80.4 Å². The minimum Gasteiger partial charge on any atom is -0.395 e. The van der Waals surface area contributed by atoms with Gasteiger partial charge in [0.2, 0.25) is 0 Å². The first kappa shape index (κ1) is 12.0. The van der Waals surface area contributed by atoms with Gasteiger partial charge in [0.1, 0.15) is 0 Å². The summed E-state index contributed by atoms with van der Waals surface area (Å²) in [5.41, 5.74) is 4.78. The fourth-order valence-corrected chi connectivity index (χ4v) is 0. The summed E-state index contributed by atoms with van der Waals surface area (Å²) < 4.78 is 0. The molecule has 10 heavy (non-hydrogen) atoms. The van der Waals surface area contributed by atoms with Crippen LogP contribution in [0.1, 0.15) is 13.8 Å². The number of hydrogen-bond donors (Lipinski definition) is 2. The van der Waals surface area contributed by atoms with Crippen LogP contribution in [-0.2, 0) is 9.59 Å². The molecule has 0 aromatic carbocycles. The van der Waals surface area contributed by atoms with Crippen LogP contribution in [0.4, 0.5) is 0 Å². The van der Waals surface area contributed by atoms with Crippen molar-refractivity contribution < 1.29 is 14.7 Å². The average molecular weight is 147 g/mol. The Hall–Kier alpha value is -0.740. The summed E-state index contributed by atoms with van der Waals surface area (Å²) in [6.07, 6.45) is 0. The van der Waals surface area contributed by atoms with Gasteiger partial charge < -0.3 is 10.8 Å². The van der Waals surface area contributed by atoms with E-state index >= 15 is 0 Å². The Morgan fingerprint density at radius 1 is 1.30 bits per heavy atom. The van der Waals surface area contributed by atoms with E-state index in [1.807, 2.05) is 0 Å². The minimum absolute atomic E-state index is 0.0972. The number of ketones is 2. The number of carbonyl (C=O) groups is 2.